The first-order valence-electron chi connectivity index (χ1n) is 6.29. The molecule has 0 heterocycles. The monoisotopic (exact) mass is 321 g/mol. The molecule has 3 nitrogen and oxygen atoms in total. The Labute approximate surface area is 124 Å². The summed E-state index contributed by atoms with van der Waals surface area (Å²) in [7, 11) is -3.48. The van der Waals surface area contributed by atoms with E-state index in [1.165, 1.54) is 12.1 Å². The van der Waals surface area contributed by atoms with Crippen LogP contribution >= 0.6 is 23.2 Å². The van der Waals surface area contributed by atoms with Crippen LogP contribution in [0.3, 0.4) is 0 Å². The highest BCUT2D eigenvalue weighted by molar-refractivity contribution is 7.89. The van der Waals surface area contributed by atoms with E-state index in [-0.39, 0.29) is 10.3 Å². The molecule has 6 heteroatoms. The molecule has 0 atom stereocenters. The van der Waals surface area contributed by atoms with Gasteiger partial charge in [-0.05, 0) is 42.5 Å². The topological polar surface area (TPSA) is 46.2 Å². The molecule has 19 heavy (non-hydrogen) atoms. The standard InChI is InChI=1S/C13H17Cl2NO2S/c14-9-13(7-1-2-8-13)10-16-19(17,18)12-5-3-11(15)4-6-12/h3-6,16H,1-2,7-10H2. The highest BCUT2D eigenvalue weighted by Crippen LogP contribution is 2.38. The summed E-state index contributed by atoms with van der Waals surface area (Å²) in [5.74, 6) is 0.496. The van der Waals surface area contributed by atoms with Gasteiger partial charge in [0, 0.05) is 17.4 Å². The maximum Gasteiger partial charge on any atom is 0.240 e. The zero-order valence-electron chi connectivity index (χ0n) is 10.5. The summed E-state index contributed by atoms with van der Waals surface area (Å²) in [6, 6.07) is 6.16. The van der Waals surface area contributed by atoms with Crippen LogP contribution in [0.4, 0.5) is 0 Å². The number of sulfonamides is 1. The second-order valence-electron chi connectivity index (χ2n) is 5.12. The van der Waals surface area contributed by atoms with Gasteiger partial charge in [0.25, 0.3) is 0 Å². The Hall–Kier alpha value is -0.290. The second-order valence-corrected chi connectivity index (χ2v) is 7.59. The molecule has 0 bridgehead atoms. The maximum absolute atomic E-state index is 12.2. The Morgan fingerprint density at radius 3 is 2.26 bits per heavy atom. The second kappa shape index (κ2) is 6.00. The number of halogens is 2. The van der Waals surface area contributed by atoms with Gasteiger partial charge in [-0.1, -0.05) is 24.4 Å². The van der Waals surface area contributed by atoms with Crippen molar-refractivity contribution in [2.45, 2.75) is 30.6 Å². The highest BCUT2D eigenvalue weighted by Gasteiger charge is 2.34. The van der Waals surface area contributed by atoms with Gasteiger partial charge in [-0.3, -0.25) is 0 Å². The van der Waals surface area contributed by atoms with Crippen LogP contribution in [0.5, 0.6) is 0 Å². The molecule has 0 aliphatic heterocycles. The largest absolute Gasteiger partial charge is 0.240 e. The maximum atomic E-state index is 12.2. The predicted molar refractivity (Wildman–Crippen MR) is 78.3 cm³/mol. The van der Waals surface area contributed by atoms with Gasteiger partial charge in [-0.25, -0.2) is 13.1 Å². The van der Waals surface area contributed by atoms with E-state index in [0.29, 0.717) is 17.4 Å². The first-order valence-corrected chi connectivity index (χ1v) is 8.68. The summed E-state index contributed by atoms with van der Waals surface area (Å²) in [6.45, 7) is 0.404. The van der Waals surface area contributed by atoms with Crippen LogP contribution in [0.2, 0.25) is 5.02 Å². The molecular formula is C13H17Cl2NO2S. The Morgan fingerprint density at radius 1 is 1.16 bits per heavy atom. The number of nitrogens with one attached hydrogen (secondary N) is 1. The minimum Gasteiger partial charge on any atom is -0.211 e. The van der Waals surface area contributed by atoms with Crippen molar-refractivity contribution in [3.05, 3.63) is 29.3 Å². The van der Waals surface area contributed by atoms with Gasteiger partial charge < -0.3 is 0 Å². The molecule has 0 aromatic heterocycles. The van der Waals surface area contributed by atoms with E-state index >= 15 is 0 Å². The molecule has 0 amide bonds. The van der Waals surface area contributed by atoms with Crippen LogP contribution in [-0.4, -0.2) is 20.8 Å². The van der Waals surface area contributed by atoms with E-state index in [1.807, 2.05) is 0 Å². The van der Waals surface area contributed by atoms with Crippen LogP contribution in [0.15, 0.2) is 29.2 Å². The Bertz CT molecular complexity index is 522. The van der Waals surface area contributed by atoms with Crippen molar-refractivity contribution in [1.29, 1.82) is 0 Å². The zero-order valence-corrected chi connectivity index (χ0v) is 12.9. The molecule has 0 radical (unpaired) electrons. The van der Waals surface area contributed by atoms with Gasteiger partial charge in [-0.2, -0.15) is 0 Å². The van der Waals surface area contributed by atoms with Crippen molar-refractivity contribution in [1.82, 2.24) is 4.72 Å². The lowest BCUT2D eigenvalue weighted by molar-refractivity contribution is 0.342. The minimum absolute atomic E-state index is 0.0823. The van der Waals surface area contributed by atoms with Crippen molar-refractivity contribution in [3.8, 4) is 0 Å². The van der Waals surface area contributed by atoms with Gasteiger partial charge in [0.2, 0.25) is 10.0 Å². The summed E-state index contributed by atoms with van der Waals surface area (Å²) in [5.41, 5.74) is -0.0823. The zero-order chi connectivity index (χ0) is 13.9. The molecule has 0 saturated heterocycles. The minimum atomic E-state index is -3.48. The first kappa shape index (κ1) is 15.1. The summed E-state index contributed by atoms with van der Waals surface area (Å²) in [4.78, 5) is 0.236. The molecular weight excluding hydrogens is 305 g/mol. The molecule has 0 spiro atoms. The van der Waals surface area contributed by atoms with E-state index < -0.39 is 10.0 Å². The van der Waals surface area contributed by atoms with Crippen molar-refractivity contribution >= 4 is 33.2 Å². The normalized spacial score (nSPS) is 18.6. The van der Waals surface area contributed by atoms with E-state index in [4.69, 9.17) is 23.2 Å². The fraction of sp³-hybridized carbons (Fsp3) is 0.538. The Morgan fingerprint density at radius 2 is 1.74 bits per heavy atom. The molecule has 1 saturated carbocycles. The van der Waals surface area contributed by atoms with Gasteiger partial charge in [0.05, 0.1) is 4.90 Å². The molecule has 2 rings (SSSR count). The third-order valence-electron chi connectivity index (χ3n) is 3.71. The summed E-state index contributed by atoms with van der Waals surface area (Å²) in [6.07, 6.45) is 4.21. The summed E-state index contributed by atoms with van der Waals surface area (Å²) >= 11 is 11.8. The quantitative estimate of drug-likeness (QED) is 0.844. The fourth-order valence-corrected chi connectivity index (χ4v) is 4.07. The number of benzene rings is 1. The molecule has 1 fully saturated rings. The SMILES string of the molecule is O=S(=O)(NCC1(CCl)CCCC1)c1ccc(Cl)cc1. The van der Waals surface area contributed by atoms with E-state index in [9.17, 15) is 8.42 Å². The van der Waals surface area contributed by atoms with Crippen molar-refractivity contribution < 1.29 is 8.42 Å². The van der Waals surface area contributed by atoms with Crippen LogP contribution in [0.1, 0.15) is 25.7 Å². The summed E-state index contributed by atoms with van der Waals surface area (Å²) < 4.78 is 27.0. The van der Waals surface area contributed by atoms with E-state index in [0.717, 1.165) is 25.7 Å². The molecule has 1 aromatic carbocycles. The van der Waals surface area contributed by atoms with Crippen LogP contribution in [0.25, 0.3) is 0 Å². The molecule has 1 aliphatic rings. The average Bonchev–Trinajstić information content (AvgIpc) is 2.87. The third-order valence-corrected chi connectivity index (χ3v) is 5.94. The lowest BCUT2D eigenvalue weighted by Gasteiger charge is -2.26. The van der Waals surface area contributed by atoms with Crippen molar-refractivity contribution in [3.63, 3.8) is 0 Å². The first-order chi connectivity index (χ1) is 8.97. The Kier molecular flexibility index (Phi) is 4.77. The van der Waals surface area contributed by atoms with Crippen molar-refractivity contribution in [2.24, 2.45) is 5.41 Å². The Balaban J connectivity index is 2.07. The average molecular weight is 322 g/mol. The van der Waals surface area contributed by atoms with Crippen LogP contribution < -0.4 is 4.72 Å². The van der Waals surface area contributed by atoms with E-state index in [1.54, 1.807) is 12.1 Å². The van der Waals surface area contributed by atoms with Gasteiger partial charge in [0.15, 0.2) is 0 Å². The van der Waals surface area contributed by atoms with Crippen molar-refractivity contribution in [2.75, 3.05) is 12.4 Å². The van der Waals surface area contributed by atoms with Crippen LogP contribution in [-0.2, 0) is 10.0 Å². The molecule has 1 aromatic rings. The highest BCUT2D eigenvalue weighted by atomic mass is 35.5. The molecule has 1 N–H and O–H groups in total. The van der Waals surface area contributed by atoms with Gasteiger partial charge >= 0.3 is 0 Å². The van der Waals surface area contributed by atoms with Gasteiger partial charge in [0.1, 0.15) is 0 Å². The van der Waals surface area contributed by atoms with Gasteiger partial charge in [-0.15, -0.1) is 11.6 Å². The predicted octanol–water partition coefficient (Wildman–Crippen LogP) is 3.42. The summed E-state index contributed by atoms with van der Waals surface area (Å²) in [5, 5.41) is 0.520. The lowest BCUT2D eigenvalue weighted by Crippen LogP contribution is -2.37. The van der Waals surface area contributed by atoms with E-state index in [2.05, 4.69) is 4.72 Å². The fourth-order valence-electron chi connectivity index (χ4n) is 2.43. The third kappa shape index (κ3) is 3.63. The lowest BCUT2D eigenvalue weighted by atomic mass is 9.89. The number of alkyl halides is 1. The molecule has 0 unspecified atom stereocenters. The molecule has 106 valence electrons. The smallest absolute Gasteiger partial charge is 0.211 e. The number of rotatable bonds is 5. The number of hydrogen-bond acceptors (Lipinski definition) is 2. The number of hydrogen-bond donors (Lipinski definition) is 1. The molecule has 1 aliphatic carbocycles. The van der Waals surface area contributed by atoms with Crippen LogP contribution in [0, 0.1) is 5.41 Å².